The number of carbonyl (C=O) groups is 1. The van der Waals surface area contributed by atoms with Gasteiger partial charge in [0, 0.05) is 13.1 Å². The molecule has 7 nitrogen and oxygen atoms in total. The summed E-state index contributed by atoms with van der Waals surface area (Å²) in [4.78, 5) is 11.5. The maximum atomic E-state index is 12.8. The molecule has 0 spiro atoms. The number of hydrogen-bond donors (Lipinski definition) is 2. The molecule has 0 aliphatic carbocycles. The summed E-state index contributed by atoms with van der Waals surface area (Å²) in [6, 6.07) is 4.21. The first kappa shape index (κ1) is 18.0. The second kappa shape index (κ2) is 6.64. The summed E-state index contributed by atoms with van der Waals surface area (Å²) in [5.74, 6) is 0.289. The van der Waals surface area contributed by atoms with Gasteiger partial charge in [-0.2, -0.15) is 4.31 Å². The second-order valence-electron chi connectivity index (χ2n) is 5.73. The maximum absolute atomic E-state index is 12.8. The van der Waals surface area contributed by atoms with E-state index in [1.54, 1.807) is 0 Å². The molecule has 1 aromatic rings. The number of nitrogens with one attached hydrogen (secondary N) is 1. The number of rotatable bonds is 4. The van der Waals surface area contributed by atoms with Crippen LogP contribution < -0.4 is 15.8 Å². The van der Waals surface area contributed by atoms with Gasteiger partial charge in [0.15, 0.2) is 0 Å². The van der Waals surface area contributed by atoms with Gasteiger partial charge in [0.1, 0.15) is 5.75 Å². The highest BCUT2D eigenvalue weighted by Gasteiger charge is 2.41. The van der Waals surface area contributed by atoms with E-state index in [4.69, 9.17) is 10.5 Å². The molecule has 2 atom stereocenters. The first-order valence-corrected chi connectivity index (χ1v) is 8.56. The number of benzene rings is 1. The molecule has 0 unspecified atom stereocenters. The Labute approximate surface area is 141 Å². The van der Waals surface area contributed by atoms with E-state index in [0.29, 0.717) is 24.9 Å². The van der Waals surface area contributed by atoms with Gasteiger partial charge in [-0.05, 0) is 43.1 Å². The molecule has 1 amide bonds. The second-order valence-corrected chi connectivity index (χ2v) is 7.66. The lowest BCUT2D eigenvalue weighted by molar-refractivity contribution is 0.0997. The van der Waals surface area contributed by atoms with Crippen molar-refractivity contribution in [2.75, 3.05) is 33.3 Å². The number of halogens is 1. The van der Waals surface area contributed by atoms with Crippen molar-refractivity contribution in [2.45, 2.75) is 4.90 Å². The highest BCUT2D eigenvalue weighted by molar-refractivity contribution is 7.89. The fourth-order valence-corrected chi connectivity index (χ4v) is 4.78. The summed E-state index contributed by atoms with van der Waals surface area (Å²) in [5.41, 5.74) is 5.37. The largest absolute Gasteiger partial charge is 0.496 e. The topological polar surface area (TPSA) is 102 Å². The average Bonchev–Trinajstić information content (AvgIpc) is 3.07. The van der Waals surface area contributed by atoms with Crippen LogP contribution in [0.25, 0.3) is 0 Å². The van der Waals surface area contributed by atoms with Crippen LogP contribution in [0.4, 0.5) is 0 Å². The molecule has 0 saturated carbocycles. The average molecular weight is 362 g/mol. The van der Waals surface area contributed by atoms with E-state index in [-0.39, 0.29) is 28.6 Å². The van der Waals surface area contributed by atoms with E-state index in [1.807, 2.05) is 0 Å². The third kappa shape index (κ3) is 3.16. The van der Waals surface area contributed by atoms with Crippen LogP contribution in [0, 0.1) is 11.8 Å². The molecule has 1 aromatic carbocycles. The number of methoxy groups -OCH3 is 1. The number of nitrogens with zero attached hydrogens (tertiary/aromatic N) is 1. The SMILES string of the molecule is COc1ccc(S(=O)(=O)N2C[C@H]3CNC[C@H]3C2)cc1C(N)=O.Cl. The Morgan fingerprint density at radius 1 is 1.30 bits per heavy atom. The van der Waals surface area contributed by atoms with Crippen molar-refractivity contribution in [3.63, 3.8) is 0 Å². The van der Waals surface area contributed by atoms with Crippen LogP contribution in [-0.2, 0) is 10.0 Å². The molecular weight excluding hydrogens is 342 g/mol. The van der Waals surface area contributed by atoms with Gasteiger partial charge in [0.05, 0.1) is 17.6 Å². The summed E-state index contributed by atoms with van der Waals surface area (Å²) in [7, 11) is -2.21. The quantitative estimate of drug-likeness (QED) is 0.789. The minimum absolute atomic E-state index is 0. The predicted octanol–water partition coefficient (Wildman–Crippen LogP) is 0.0558. The van der Waals surface area contributed by atoms with Gasteiger partial charge >= 0.3 is 0 Å². The molecule has 9 heteroatoms. The summed E-state index contributed by atoms with van der Waals surface area (Å²) in [6.07, 6.45) is 0. The highest BCUT2D eigenvalue weighted by atomic mass is 35.5. The Morgan fingerprint density at radius 3 is 2.43 bits per heavy atom. The zero-order chi connectivity index (χ0) is 15.9. The molecule has 3 rings (SSSR count). The Balaban J connectivity index is 0.00000192. The Kier molecular flexibility index (Phi) is 5.20. The zero-order valence-electron chi connectivity index (χ0n) is 12.7. The summed E-state index contributed by atoms with van der Waals surface area (Å²) in [6.45, 7) is 2.73. The predicted molar refractivity (Wildman–Crippen MR) is 87.4 cm³/mol. The van der Waals surface area contributed by atoms with E-state index < -0.39 is 15.9 Å². The van der Waals surface area contributed by atoms with Crippen molar-refractivity contribution in [3.8, 4) is 5.75 Å². The highest BCUT2D eigenvalue weighted by Crippen LogP contribution is 2.32. The number of carbonyl (C=O) groups excluding carboxylic acids is 1. The van der Waals surface area contributed by atoms with Crippen molar-refractivity contribution in [2.24, 2.45) is 17.6 Å². The van der Waals surface area contributed by atoms with Crippen molar-refractivity contribution in [1.29, 1.82) is 0 Å². The first-order chi connectivity index (χ1) is 10.4. The zero-order valence-corrected chi connectivity index (χ0v) is 14.3. The molecule has 23 heavy (non-hydrogen) atoms. The van der Waals surface area contributed by atoms with Crippen molar-refractivity contribution < 1.29 is 17.9 Å². The monoisotopic (exact) mass is 361 g/mol. The lowest BCUT2D eigenvalue weighted by Crippen LogP contribution is -2.32. The number of amides is 1. The number of ether oxygens (including phenoxy) is 1. The van der Waals surface area contributed by atoms with Gasteiger partial charge in [0.2, 0.25) is 10.0 Å². The van der Waals surface area contributed by atoms with Gasteiger partial charge in [-0.3, -0.25) is 4.79 Å². The van der Waals surface area contributed by atoms with Crippen molar-refractivity contribution >= 4 is 28.3 Å². The van der Waals surface area contributed by atoms with E-state index in [2.05, 4.69) is 5.32 Å². The molecule has 2 aliphatic rings. The molecule has 0 bridgehead atoms. The first-order valence-electron chi connectivity index (χ1n) is 7.12. The third-order valence-corrected chi connectivity index (χ3v) is 6.26. The molecule has 2 aliphatic heterocycles. The minimum Gasteiger partial charge on any atom is -0.496 e. The Bertz CT molecular complexity index is 698. The summed E-state index contributed by atoms with van der Waals surface area (Å²) < 4.78 is 32.0. The van der Waals surface area contributed by atoms with Crippen LogP contribution in [0.2, 0.25) is 0 Å². The minimum atomic E-state index is -3.62. The Hall–Kier alpha value is -1.35. The molecule has 2 heterocycles. The fraction of sp³-hybridized carbons (Fsp3) is 0.500. The van der Waals surface area contributed by atoms with Gasteiger partial charge in [-0.25, -0.2) is 8.42 Å². The number of nitrogens with two attached hydrogens (primary N) is 1. The van der Waals surface area contributed by atoms with E-state index in [9.17, 15) is 13.2 Å². The van der Waals surface area contributed by atoms with E-state index in [0.717, 1.165) is 13.1 Å². The van der Waals surface area contributed by atoms with Crippen molar-refractivity contribution in [1.82, 2.24) is 9.62 Å². The lowest BCUT2D eigenvalue weighted by Gasteiger charge is -2.18. The van der Waals surface area contributed by atoms with Gasteiger partial charge in [-0.15, -0.1) is 12.4 Å². The van der Waals surface area contributed by atoms with Crippen LogP contribution in [0.1, 0.15) is 10.4 Å². The number of hydrogen-bond acceptors (Lipinski definition) is 5. The normalized spacial score (nSPS) is 24.0. The summed E-state index contributed by atoms with van der Waals surface area (Å²) in [5, 5.41) is 3.28. The fourth-order valence-electron chi connectivity index (χ4n) is 3.20. The third-order valence-electron chi connectivity index (χ3n) is 4.43. The van der Waals surface area contributed by atoms with Gasteiger partial charge in [0.25, 0.3) is 5.91 Å². The number of fused-ring (bicyclic) bond motifs is 1. The number of primary amides is 1. The molecule has 0 aromatic heterocycles. The maximum Gasteiger partial charge on any atom is 0.252 e. The molecule has 0 radical (unpaired) electrons. The van der Waals surface area contributed by atoms with Gasteiger partial charge < -0.3 is 15.8 Å². The lowest BCUT2D eigenvalue weighted by atomic mass is 10.0. The van der Waals surface area contributed by atoms with Crippen LogP contribution >= 0.6 is 12.4 Å². The summed E-state index contributed by atoms with van der Waals surface area (Å²) >= 11 is 0. The number of sulfonamides is 1. The standard InChI is InChI=1S/C14H19N3O4S.ClH/c1-21-13-3-2-11(4-12(13)14(15)18)22(19,20)17-7-9-5-16-6-10(9)8-17;/h2-4,9-10,16H,5-8H2,1H3,(H2,15,18);1H/t9-,10+;. The van der Waals surface area contributed by atoms with E-state index in [1.165, 1.54) is 29.6 Å². The molecule has 2 fully saturated rings. The molecular formula is C14H20ClN3O4S. The van der Waals surface area contributed by atoms with Crippen LogP contribution in [0.15, 0.2) is 23.1 Å². The van der Waals surface area contributed by atoms with Gasteiger partial charge in [-0.1, -0.05) is 0 Å². The molecule has 128 valence electrons. The van der Waals surface area contributed by atoms with Crippen LogP contribution in [-0.4, -0.2) is 51.9 Å². The van der Waals surface area contributed by atoms with Crippen LogP contribution in [0.5, 0.6) is 5.75 Å². The smallest absolute Gasteiger partial charge is 0.252 e. The van der Waals surface area contributed by atoms with E-state index >= 15 is 0 Å². The van der Waals surface area contributed by atoms with Crippen molar-refractivity contribution in [3.05, 3.63) is 23.8 Å². The Morgan fingerprint density at radius 2 is 1.91 bits per heavy atom. The van der Waals surface area contributed by atoms with Crippen LogP contribution in [0.3, 0.4) is 0 Å². The molecule has 3 N–H and O–H groups in total. The molecule has 2 saturated heterocycles.